The van der Waals surface area contributed by atoms with Crippen LogP contribution in [0.2, 0.25) is 0 Å². The third-order valence-corrected chi connectivity index (χ3v) is 3.57. The molecule has 0 saturated heterocycles. The Kier molecular flexibility index (Phi) is 4.83. The molecule has 7 heteroatoms. The van der Waals surface area contributed by atoms with E-state index in [9.17, 15) is 13.2 Å². The number of sulfonamides is 1. The topological polar surface area (TPSA) is 96.3 Å². The van der Waals surface area contributed by atoms with Crippen molar-refractivity contribution in [2.45, 2.75) is 11.3 Å². The van der Waals surface area contributed by atoms with Gasteiger partial charge in [0.25, 0.3) is 0 Å². The van der Waals surface area contributed by atoms with Crippen LogP contribution < -0.4 is 4.72 Å². The highest BCUT2D eigenvalue weighted by molar-refractivity contribution is 7.89. The molecule has 0 aromatic heterocycles. The van der Waals surface area contributed by atoms with Crippen molar-refractivity contribution in [3.63, 3.8) is 0 Å². The maximum Gasteiger partial charge on any atom is 0.320 e. The monoisotopic (exact) mass is 268 g/mol. The van der Waals surface area contributed by atoms with Crippen molar-refractivity contribution in [1.82, 2.24) is 4.72 Å². The number of nitrogens with one attached hydrogen (secondary N) is 1. The van der Waals surface area contributed by atoms with E-state index in [1.165, 1.54) is 19.2 Å². The van der Waals surface area contributed by atoms with Gasteiger partial charge in [0.05, 0.1) is 24.5 Å². The summed E-state index contributed by atoms with van der Waals surface area (Å²) in [5.41, 5.74) is 0.726. The second-order valence-electron chi connectivity index (χ2n) is 3.38. The highest BCUT2D eigenvalue weighted by Gasteiger charge is 2.15. The molecule has 96 valence electrons. The third kappa shape index (κ3) is 3.84. The first-order valence-corrected chi connectivity index (χ1v) is 6.50. The van der Waals surface area contributed by atoms with Gasteiger partial charge in [-0.3, -0.25) is 4.79 Å². The summed E-state index contributed by atoms with van der Waals surface area (Å²) < 4.78 is 29.9. The fourth-order valence-electron chi connectivity index (χ4n) is 1.19. The number of carbonyl (C=O) groups excluding carboxylic acids is 1. The summed E-state index contributed by atoms with van der Waals surface area (Å²) in [7, 11) is -2.56. The molecular formula is C11H12N2O4S. The van der Waals surface area contributed by atoms with E-state index in [1.54, 1.807) is 12.1 Å². The van der Waals surface area contributed by atoms with Crippen molar-refractivity contribution in [3.05, 3.63) is 29.8 Å². The van der Waals surface area contributed by atoms with Gasteiger partial charge in [-0.1, -0.05) is 12.1 Å². The average Bonchev–Trinajstić information content (AvgIpc) is 2.37. The normalized spacial score (nSPS) is 10.7. The zero-order valence-electron chi connectivity index (χ0n) is 9.71. The molecule has 0 atom stereocenters. The summed E-state index contributed by atoms with van der Waals surface area (Å²) in [4.78, 5) is 10.9. The highest BCUT2D eigenvalue weighted by atomic mass is 32.2. The van der Waals surface area contributed by atoms with Crippen molar-refractivity contribution < 1.29 is 17.9 Å². The molecule has 0 spiro atoms. The van der Waals surface area contributed by atoms with Gasteiger partial charge in [0.2, 0.25) is 10.0 Å². The molecule has 0 fully saturated rings. The second kappa shape index (κ2) is 6.14. The molecule has 0 saturated carbocycles. The molecule has 0 heterocycles. The summed E-state index contributed by atoms with van der Waals surface area (Å²) in [6.45, 7) is -0.418. The summed E-state index contributed by atoms with van der Waals surface area (Å²) in [5.74, 6) is -0.667. The third-order valence-electron chi connectivity index (χ3n) is 2.15. The number of methoxy groups -OCH3 is 1. The number of hydrogen-bond donors (Lipinski definition) is 1. The smallest absolute Gasteiger partial charge is 0.320 e. The number of hydrogen-bond acceptors (Lipinski definition) is 5. The van der Waals surface area contributed by atoms with Crippen molar-refractivity contribution in [2.24, 2.45) is 0 Å². The number of carbonyl (C=O) groups is 1. The minimum Gasteiger partial charge on any atom is -0.468 e. The Balaban J connectivity index is 2.79. The van der Waals surface area contributed by atoms with E-state index in [-0.39, 0.29) is 11.3 Å². The average molecular weight is 268 g/mol. The van der Waals surface area contributed by atoms with Gasteiger partial charge in [0.15, 0.2) is 0 Å². The lowest BCUT2D eigenvalue weighted by atomic mass is 10.2. The van der Waals surface area contributed by atoms with Crippen LogP contribution in [0, 0.1) is 11.3 Å². The molecule has 0 unspecified atom stereocenters. The predicted molar refractivity (Wildman–Crippen MR) is 63.0 cm³/mol. The van der Waals surface area contributed by atoms with Gasteiger partial charge in [-0.05, 0) is 17.7 Å². The van der Waals surface area contributed by atoms with Gasteiger partial charge in [-0.15, -0.1) is 0 Å². The predicted octanol–water partition coefficient (Wildman–Crippen LogP) is 0.204. The molecule has 0 amide bonds. The number of benzene rings is 1. The Bertz CT molecular complexity index is 558. The molecule has 0 radical (unpaired) electrons. The first-order valence-electron chi connectivity index (χ1n) is 5.02. The van der Waals surface area contributed by atoms with Crippen molar-refractivity contribution >= 4 is 16.0 Å². The number of esters is 1. The van der Waals surface area contributed by atoms with E-state index in [4.69, 9.17) is 5.26 Å². The van der Waals surface area contributed by atoms with Crippen LogP contribution in [-0.4, -0.2) is 28.0 Å². The van der Waals surface area contributed by atoms with Crippen LogP contribution in [0.3, 0.4) is 0 Å². The van der Waals surface area contributed by atoms with Crippen LogP contribution in [0.1, 0.15) is 5.56 Å². The Morgan fingerprint density at radius 1 is 1.39 bits per heavy atom. The molecular weight excluding hydrogens is 256 g/mol. The van der Waals surface area contributed by atoms with E-state index in [0.29, 0.717) is 0 Å². The Morgan fingerprint density at radius 3 is 2.50 bits per heavy atom. The molecule has 18 heavy (non-hydrogen) atoms. The fourth-order valence-corrected chi connectivity index (χ4v) is 2.16. The quantitative estimate of drug-likeness (QED) is 0.770. The van der Waals surface area contributed by atoms with E-state index in [0.717, 1.165) is 5.56 Å². The maximum atomic E-state index is 11.7. The van der Waals surface area contributed by atoms with Crippen molar-refractivity contribution in [2.75, 3.05) is 13.7 Å². The first kappa shape index (κ1) is 14.2. The van der Waals surface area contributed by atoms with Crippen molar-refractivity contribution in [1.29, 1.82) is 5.26 Å². The Hall–Kier alpha value is -1.91. The molecule has 0 bridgehead atoms. The summed E-state index contributed by atoms with van der Waals surface area (Å²) >= 11 is 0. The molecule has 1 aromatic rings. The molecule has 1 aromatic carbocycles. The lowest BCUT2D eigenvalue weighted by Crippen LogP contribution is -2.30. The summed E-state index contributed by atoms with van der Waals surface area (Å²) in [6.07, 6.45) is 0.218. The zero-order chi connectivity index (χ0) is 13.6. The SMILES string of the molecule is COC(=O)CNS(=O)(=O)c1ccc(CC#N)cc1. The number of rotatable bonds is 5. The molecule has 1 N–H and O–H groups in total. The number of nitriles is 1. The van der Waals surface area contributed by atoms with Gasteiger partial charge in [0, 0.05) is 0 Å². The largest absolute Gasteiger partial charge is 0.468 e. The number of nitrogens with zero attached hydrogens (tertiary/aromatic N) is 1. The van der Waals surface area contributed by atoms with Crippen LogP contribution in [0.15, 0.2) is 29.2 Å². The fraction of sp³-hybridized carbons (Fsp3) is 0.273. The van der Waals surface area contributed by atoms with Crippen LogP contribution in [0.4, 0.5) is 0 Å². The van der Waals surface area contributed by atoms with E-state index in [2.05, 4.69) is 9.46 Å². The Labute approximate surface area is 105 Å². The van der Waals surface area contributed by atoms with Gasteiger partial charge in [-0.25, -0.2) is 8.42 Å². The maximum absolute atomic E-state index is 11.7. The molecule has 1 rings (SSSR count). The minimum absolute atomic E-state index is 0.0353. The van der Waals surface area contributed by atoms with Gasteiger partial charge in [0.1, 0.15) is 6.54 Å². The van der Waals surface area contributed by atoms with Crippen LogP contribution in [-0.2, 0) is 26.0 Å². The van der Waals surface area contributed by atoms with E-state index < -0.39 is 22.5 Å². The summed E-state index contributed by atoms with van der Waals surface area (Å²) in [6, 6.07) is 7.83. The zero-order valence-corrected chi connectivity index (χ0v) is 10.5. The van der Waals surface area contributed by atoms with E-state index >= 15 is 0 Å². The lowest BCUT2D eigenvalue weighted by molar-refractivity contribution is -0.139. The summed E-state index contributed by atoms with van der Waals surface area (Å²) in [5, 5.41) is 8.49. The highest BCUT2D eigenvalue weighted by Crippen LogP contribution is 2.10. The van der Waals surface area contributed by atoms with Gasteiger partial charge >= 0.3 is 5.97 Å². The molecule has 6 nitrogen and oxygen atoms in total. The number of ether oxygens (including phenoxy) is 1. The lowest BCUT2D eigenvalue weighted by Gasteiger charge is -2.06. The standard InChI is InChI=1S/C11H12N2O4S/c1-17-11(14)8-13-18(15,16)10-4-2-9(3-5-10)6-7-12/h2-5,13H,6,8H2,1H3. The Morgan fingerprint density at radius 2 is 2.00 bits per heavy atom. The first-order chi connectivity index (χ1) is 8.49. The second-order valence-corrected chi connectivity index (χ2v) is 5.15. The van der Waals surface area contributed by atoms with Gasteiger partial charge in [-0.2, -0.15) is 9.98 Å². The molecule has 0 aliphatic carbocycles. The van der Waals surface area contributed by atoms with Crippen molar-refractivity contribution in [3.8, 4) is 6.07 Å². The molecule has 0 aliphatic heterocycles. The van der Waals surface area contributed by atoms with E-state index in [1.807, 2.05) is 6.07 Å². The molecule has 0 aliphatic rings. The van der Waals surface area contributed by atoms with Crippen LogP contribution in [0.5, 0.6) is 0 Å². The van der Waals surface area contributed by atoms with Crippen LogP contribution >= 0.6 is 0 Å². The van der Waals surface area contributed by atoms with Gasteiger partial charge < -0.3 is 4.74 Å². The van der Waals surface area contributed by atoms with Crippen LogP contribution in [0.25, 0.3) is 0 Å². The minimum atomic E-state index is -3.73.